The van der Waals surface area contributed by atoms with Crippen LogP contribution in [0.25, 0.3) is 0 Å². The van der Waals surface area contributed by atoms with E-state index in [9.17, 15) is 9.59 Å². The number of nitrogens with one attached hydrogen (secondary N) is 2. The number of benzene rings is 1. The third-order valence-electron chi connectivity index (χ3n) is 3.56. The highest BCUT2D eigenvalue weighted by Crippen LogP contribution is 2.11. The Hall–Kier alpha value is -3.42. The van der Waals surface area contributed by atoms with Crippen LogP contribution in [0.1, 0.15) is 21.7 Å². The van der Waals surface area contributed by atoms with Crippen molar-refractivity contribution in [2.75, 3.05) is 11.9 Å². The highest BCUT2D eigenvalue weighted by Gasteiger charge is 2.12. The lowest BCUT2D eigenvalue weighted by atomic mass is 10.2. The number of anilines is 1. The number of nitrogens with zero attached hydrogens (tertiary/aromatic N) is 3. The van der Waals surface area contributed by atoms with Crippen molar-refractivity contribution in [3.8, 4) is 0 Å². The van der Waals surface area contributed by atoms with Crippen LogP contribution in [-0.2, 0) is 11.3 Å². The molecule has 0 aliphatic carbocycles. The van der Waals surface area contributed by atoms with Gasteiger partial charge in [0.15, 0.2) is 0 Å². The van der Waals surface area contributed by atoms with Gasteiger partial charge in [-0.3, -0.25) is 9.59 Å². The Morgan fingerprint density at radius 1 is 1.20 bits per heavy atom. The monoisotopic (exact) mass is 339 g/mol. The lowest BCUT2D eigenvalue weighted by Gasteiger charge is -2.08. The summed E-state index contributed by atoms with van der Waals surface area (Å²) in [5, 5.41) is 9.33. The largest absolute Gasteiger partial charge is 0.469 e. The fourth-order valence-corrected chi connectivity index (χ4v) is 2.28. The van der Waals surface area contributed by atoms with Gasteiger partial charge in [0, 0.05) is 5.69 Å². The number of aryl methyl sites for hydroxylation is 1. The number of hydrogen-bond acceptors (Lipinski definition) is 5. The molecule has 0 aliphatic heterocycles. The topological polar surface area (TPSA) is 102 Å². The molecule has 8 heteroatoms. The Balaban J connectivity index is 1.49. The van der Waals surface area contributed by atoms with Crippen LogP contribution >= 0.6 is 0 Å². The van der Waals surface area contributed by atoms with Crippen molar-refractivity contribution in [3.05, 3.63) is 66.1 Å². The lowest BCUT2D eigenvalue weighted by Crippen LogP contribution is -2.32. The first-order valence-electron chi connectivity index (χ1n) is 7.65. The summed E-state index contributed by atoms with van der Waals surface area (Å²) in [6.07, 6.45) is 4.55. The van der Waals surface area contributed by atoms with Crippen molar-refractivity contribution in [2.45, 2.75) is 13.5 Å². The second kappa shape index (κ2) is 7.43. The van der Waals surface area contributed by atoms with Gasteiger partial charge >= 0.3 is 0 Å². The highest BCUT2D eigenvalue weighted by molar-refractivity contribution is 5.99. The average Bonchev–Trinajstić information content (AvgIpc) is 3.26. The molecule has 2 heterocycles. The SMILES string of the molecule is Cc1occc1C(=O)NCC(=O)Nc1ccc(Cn2cncn2)cc1. The minimum absolute atomic E-state index is 0.121. The van der Waals surface area contributed by atoms with Crippen molar-refractivity contribution >= 4 is 17.5 Å². The lowest BCUT2D eigenvalue weighted by molar-refractivity contribution is -0.115. The zero-order chi connectivity index (χ0) is 17.6. The standard InChI is InChI=1S/C17H17N5O3/c1-12-15(6-7-25-12)17(24)19-8-16(23)21-14-4-2-13(3-5-14)9-22-11-18-10-20-22/h2-7,10-11H,8-9H2,1H3,(H,19,24)(H,21,23). The van der Waals surface area contributed by atoms with E-state index in [4.69, 9.17) is 4.42 Å². The molecule has 0 bridgehead atoms. The third-order valence-corrected chi connectivity index (χ3v) is 3.56. The van der Waals surface area contributed by atoms with Gasteiger partial charge in [-0.25, -0.2) is 9.67 Å². The summed E-state index contributed by atoms with van der Waals surface area (Å²) in [6.45, 7) is 2.17. The van der Waals surface area contributed by atoms with E-state index in [0.717, 1.165) is 5.56 Å². The van der Waals surface area contributed by atoms with Gasteiger partial charge in [-0.2, -0.15) is 5.10 Å². The molecule has 8 nitrogen and oxygen atoms in total. The average molecular weight is 339 g/mol. The fraction of sp³-hybridized carbons (Fsp3) is 0.176. The molecule has 2 N–H and O–H groups in total. The van der Waals surface area contributed by atoms with E-state index in [0.29, 0.717) is 23.6 Å². The van der Waals surface area contributed by atoms with Crippen molar-refractivity contribution < 1.29 is 14.0 Å². The maximum atomic E-state index is 11.9. The Bertz CT molecular complexity index is 853. The molecule has 1 aromatic carbocycles. The number of carbonyl (C=O) groups is 2. The van der Waals surface area contributed by atoms with Crippen molar-refractivity contribution in [2.24, 2.45) is 0 Å². The summed E-state index contributed by atoms with van der Waals surface area (Å²) < 4.78 is 6.77. The quantitative estimate of drug-likeness (QED) is 0.710. The van der Waals surface area contributed by atoms with E-state index in [-0.39, 0.29) is 18.4 Å². The summed E-state index contributed by atoms with van der Waals surface area (Å²) in [4.78, 5) is 27.7. The number of carbonyl (C=O) groups excluding carboxylic acids is 2. The molecule has 0 aliphatic rings. The number of amides is 2. The van der Waals surface area contributed by atoms with Crippen molar-refractivity contribution in [3.63, 3.8) is 0 Å². The van der Waals surface area contributed by atoms with E-state index in [1.54, 1.807) is 36.1 Å². The van der Waals surface area contributed by atoms with E-state index >= 15 is 0 Å². The third kappa shape index (κ3) is 4.31. The smallest absolute Gasteiger partial charge is 0.255 e. The van der Waals surface area contributed by atoms with E-state index in [1.165, 1.54) is 12.6 Å². The van der Waals surface area contributed by atoms with Crippen LogP contribution in [-0.4, -0.2) is 33.1 Å². The minimum Gasteiger partial charge on any atom is -0.469 e. The van der Waals surface area contributed by atoms with Crippen LogP contribution in [0.4, 0.5) is 5.69 Å². The summed E-state index contributed by atoms with van der Waals surface area (Å²) in [5.41, 5.74) is 2.11. The molecular formula is C17H17N5O3. The van der Waals surface area contributed by atoms with Crippen LogP contribution in [0, 0.1) is 6.92 Å². The Morgan fingerprint density at radius 2 is 2.00 bits per heavy atom. The molecule has 0 saturated carbocycles. The van der Waals surface area contributed by atoms with Crippen LogP contribution in [0.5, 0.6) is 0 Å². The molecule has 2 aromatic heterocycles. The summed E-state index contributed by atoms with van der Waals surface area (Å²) in [7, 11) is 0. The molecule has 0 atom stereocenters. The maximum absolute atomic E-state index is 11.9. The zero-order valence-electron chi connectivity index (χ0n) is 13.6. The summed E-state index contributed by atoms with van der Waals surface area (Å²) in [5.74, 6) is -0.135. The van der Waals surface area contributed by atoms with Gasteiger partial charge in [-0.15, -0.1) is 0 Å². The van der Waals surface area contributed by atoms with Gasteiger partial charge in [0.1, 0.15) is 18.4 Å². The molecule has 0 saturated heterocycles. The van der Waals surface area contributed by atoms with Crippen molar-refractivity contribution in [1.29, 1.82) is 0 Å². The van der Waals surface area contributed by atoms with Crippen molar-refractivity contribution in [1.82, 2.24) is 20.1 Å². The predicted octanol–water partition coefficient (Wildman–Crippen LogP) is 1.60. The Kier molecular flexibility index (Phi) is 4.89. The van der Waals surface area contributed by atoms with Crippen LogP contribution in [0.3, 0.4) is 0 Å². The summed E-state index contributed by atoms with van der Waals surface area (Å²) in [6, 6.07) is 8.95. The molecule has 3 rings (SSSR count). The first-order valence-corrected chi connectivity index (χ1v) is 7.65. The fourth-order valence-electron chi connectivity index (χ4n) is 2.28. The maximum Gasteiger partial charge on any atom is 0.255 e. The van der Waals surface area contributed by atoms with Crippen LogP contribution in [0.2, 0.25) is 0 Å². The van der Waals surface area contributed by atoms with Gasteiger partial charge in [0.25, 0.3) is 5.91 Å². The molecule has 0 unspecified atom stereocenters. The predicted molar refractivity (Wildman–Crippen MR) is 90.0 cm³/mol. The minimum atomic E-state index is -0.343. The van der Waals surface area contributed by atoms with E-state index in [1.807, 2.05) is 12.1 Å². The molecular weight excluding hydrogens is 322 g/mol. The Morgan fingerprint density at radius 3 is 2.64 bits per heavy atom. The zero-order valence-corrected chi connectivity index (χ0v) is 13.6. The molecule has 3 aromatic rings. The van der Waals surface area contributed by atoms with Gasteiger partial charge in [-0.05, 0) is 30.7 Å². The van der Waals surface area contributed by atoms with Gasteiger partial charge in [0.05, 0.1) is 24.9 Å². The molecule has 128 valence electrons. The van der Waals surface area contributed by atoms with Crippen LogP contribution < -0.4 is 10.6 Å². The first-order chi connectivity index (χ1) is 12.1. The molecule has 2 amide bonds. The second-order valence-electron chi connectivity index (χ2n) is 5.41. The van der Waals surface area contributed by atoms with E-state index in [2.05, 4.69) is 20.7 Å². The van der Waals surface area contributed by atoms with Crippen LogP contribution in [0.15, 0.2) is 53.7 Å². The molecule has 25 heavy (non-hydrogen) atoms. The van der Waals surface area contributed by atoms with Gasteiger partial charge in [0.2, 0.25) is 5.91 Å². The molecule has 0 fully saturated rings. The molecule has 0 radical (unpaired) electrons. The second-order valence-corrected chi connectivity index (χ2v) is 5.41. The normalized spacial score (nSPS) is 10.4. The number of furan rings is 1. The first kappa shape index (κ1) is 16.4. The van der Waals surface area contributed by atoms with E-state index < -0.39 is 0 Å². The number of hydrogen-bond donors (Lipinski definition) is 2. The summed E-state index contributed by atoms with van der Waals surface area (Å²) >= 11 is 0. The van der Waals surface area contributed by atoms with Gasteiger partial charge < -0.3 is 15.1 Å². The Labute approximate surface area is 143 Å². The van der Waals surface area contributed by atoms with Gasteiger partial charge in [-0.1, -0.05) is 12.1 Å². The highest BCUT2D eigenvalue weighted by atomic mass is 16.3. The number of aromatic nitrogens is 3. The number of rotatable bonds is 6. The molecule has 0 spiro atoms.